The van der Waals surface area contributed by atoms with Gasteiger partial charge in [0.15, 0.2) is 5.11 Å². The van der Waals surface area contributed by atoms with Crippen molar-refractivity contribution in [3.05, 3.63) is 53.1 Å². The highest BCUT2D eigenvalue weighted by Gasteiger charge is 2.03. The lowest BCUT2D eigenvalue weighted by molar-refractivity contribution is 0.315. The van der Waals surface area contributed by atoms with Crippen molar-refractivity contribution in [3.8, 4) is 11.5 Å². The second kappa shape index (κ2) is 9.03. The summed E-state index contributed by atoms with van der Waals surface area (Å²) in [6, 6.07) is 11.1. The number of hydrazone groups is 1. The lowest BCUT2D eigenvalue weighted by atomic mass is 10.1. The first-order valence-electron chi connectivity index (χ1n) is 8.13. The maximum Gasteiger partial charge on any atom is 0.191 e. The largest absolute Gasteiger partial charge is 0.507 e. The van der Waals surface area contributed by atoms with Crippen LogP contribution in [0, 0.1) is 13.8 Å². The van der Waals surface area contributed by atoms with Gasteiger partial charge < -0.3 is 15.2 Å². The average molecular weight is 357 g/mol. The first kappa shape index (κ1) is 18.7. The van der Waals surface area contributed by atoms with E-state index in [1.807, 2.05) is 39.0 Å². The number of anilines is 1. The molecule has 0 saturated heterocycles. The summed E-state index contributed by atoms with van der Waals surface area (Å²) in [5.74, 6) is 0.740. The van der Waals surface area contributed by atoms with E-state index in [1.54, 1.807) is 18.2 Å². The van der Waals surface area contributed by atoms with Gasteiger partial charge in [-0.15, -0.1) is 0 Å². The van der Waals surface area contributed by atoms with Crippen LogP contribution in [0.3, 0.4) is 0 Å². The number of nitrogens with zero attached hydrogens (tertiary/aromatic N) is 1. The van der Waals surface area contributed by atoms with E-state index in [-0.39, 0.29) is 5.75 Å². The topological polar surface area (TPSA) is 65.9 Å². The molecule has 0 aliphatic rings. The Balaban J connectivity index is 1.94. The number of aryl methyl sites for hydroxylation is 1. The summed E-state index contributed by atoms with van der Waals surface area (Å²) in [5.41, 5.74) is 6.58. The molecule has 0 aromatic heterocycles. The molecule has 0 atom stereocenters. The number of hydrogen-bond donors (Lipinski definition) is 3. The monoisotopic (exact) mass is 357 g/mol. The number of benzene rings is 2. The number of ether oxygens (including phenoxy) is 1. The molecular weight excluding hydrogens is 334 g/mol. The van der Waals surface area contributed by atoms with Crippen LogP contribution in [-0.4, -0.2) is 23.0 Å². The third-order valence-electron chi connectivity index (χ3n) is 3.70. The van der Waals surface area contributed by atoms with Crippen molar-refractivity contribution in [3.63, 3.8) is 0 Å². The molecule has 2 rings (SSSR count). The molecule has 0 heterocycles. The Morgan fingerprint density at radius 1 is 1.28 bits per heavy atom. The highest BCUT2D eigenvalue weighted by atomic mass is 32.1. The first-order chi connectivity index (χ1) is 12.0. The maximum atomic E-state index is 10.0. The zero-order chi connectivity index (χ0) is 18.2. The zero-order valence-electron chi connectivity index (χ0n) is 14.7. The molecule has 5 nitrogen and oxygen atoms in total. The van der Waals surface area contributed by atoms with Crippen molar-refractivity contribution < 1.29 is 9.84 Å². The molecule has 0 saturated carbocycles. The second-order valence-electron chi connectivity index (χ2n) is 5.64. The average Bonchev–Trinajstić information content (AvgIpc) is 2.59. The molecule has 0 bridgehead atoms. The van der Waals surface area contributed by atoms with Gasteiger partial charge in [-0.25, -0.2) is 0 Å². The van der Waals surface area contributed by atoms with Gasteiger partial charge in [0.05, 0.1) is 12.8 Å². The van der Waals surface area contributed by atoms with Crippen LogP contribution in [0.4, 0.5) is 5.69 Å². The highest BCUT2D eigenvalue weighted by Crippen LogP contribution is 2.22. The van der Waals surface area contributed by atoms with Crippen LogP contribution in [0.1, 0.15) is 30.0 Å². The van der Waals surface area contributed by atoms with E-state index in [0.29, 0.717) is 23.0 Å². The number of phenols is 1. The summed E-state index contributed by atoms with van der Waals surface area (Å²) in [5, 5.41) is 17.6. The second-order valence-corrected chi connectivity index (χ2v) is 6.05. The van der Waals surface area contributed by atoms with Crippen LogP contribution in [0.15, 0.2) is 41.5 Å². The highest BCUT2D eigenvalue weighted by molar-refractivity contribution is 7.80. The summed E-state index contributed by atoms with van der Waals surface area (Å²) < 4.78 is 5.47. The van der Waals surface area contributed by atoms with Gasteiger partial charge in [0.1, 0.15) is 11.5 Å². The van der Waals surface area contributed by atoms with Gasteiger partial charge in [-0.2, -0.15) is 5.10 Å². The van der Waals surface area contributed by atoms with Crippen molar-refractivity contribution in [2.75, 3.05) is 11.9 Å². The number of nitrogens with one attached hydrogen (secondary N) is 2. The molecule has 3 N–H and O–H groups in total. The minimum absolute atomic E-state index is 0.104. The standard InChI is InChI=1S/C19H23N3O2S/c1-4-10-24-16-9-8-15(18(23)11-16)12-20-22-19(25)21-17-7-5-6-13(2)14(17)3/h5-9,11-12,23H,4,10H2,1-3H3,(H2,21,22,25)/b20-12+. The minimum Gasteiger partial charge on any atom is -0.507 e. The number of hydrogen-bond acceptors (Lipinski definition) is 4. The molecule has 0 amide bonds. The van der Waals surface area contributed by atoms with E-state index in [4.69, 9.17) is 17.0 Å². The van der Waals surface area contributed by atoms with Gasteiger partial charge in [-0.1, -0.05) is 19.1 Å². The molecule has 132 valence electrons. The molecular formula is C19H23N3O2S. The van der Waals surface area contributed by atoms with Crippen LogP contribution in [-0.2, 0) is 0 Å². The molecule has 0 unspecified atom stereocenters. The smallest absolute Gasteiger partial charge is 0.191 e. The number of phenolic OH excluding ortho intramolecular Hbond substituents is 1. The first-order valence-corrected chi connectivity index (χ1v) is 8.54. The Bertz CT molecular complexity index is 775. The van der Waals surface area contributed by atoms with Crippen LogP contribution < -0.4 is 15.5 Å². The third kappa shape index (κ3) is 5.46. The van der Waals surface area contributed by atoms with E-state index in [2.05, 4.69) is 15.8 Å². The molecule has 0 spiro atoms. The lowest BCUT2D eigenvalue weighted by Crippen LogP contribution is -2.24. The molecule has 0 aliphatic heterocycles. The van der Waals surface area contributed by atoms with Crippen LogP contribution in [0.25, 0.3) is 0 Å². The predicted octanol–water partition coefficient (Wildman–Crippen LogP) is 4.12. The van der Waals surface area contributed by atoms with Gasteiger partial charge in [-0.3, -0.25) is 5.43 Å². The van der Waals surface area contributed by atoms with E-state index >= 15 is 0 Å². The minimum atomic E-state index is 0.104. The summed E-state index contributed by atoms with van der Waals surface area (Å²) in [6.07, 6.45) is 2.43. The molecule has 0 fully saturated rings. The summed E-state index contributed by atoms with van der Waals surface area (Å²) in [4.78, 5) is 0. The lowest BCUT2D eigenvalue weighted by Gasteiger charge is -2.11. The van der Waals surface area contributed by atoms with Crippen LogP contribution in [0.5, 0.6) is 11.5 Å². The van der Waals surface area contributed by atoms with Crippen molar-refractivity contribution in [2.45, 2.75) is 27.2 Å². The normalized spacial score (nSPS) is 10.7. The van der Waals surface area contributed by atoms with Crippen molar-refractivity contribution in [1.82, 2.24) is 5.43 Å². The van der Waals surface area contributed by atoms with Gasteiger partial charge in [0.25, 0.3) is 0 Å². The van der Waals surface area contributed by atoms with Crippen LogP contribution in [0.2, 0.25) is 0 Å². The Morgan fingerprint density at radius 3 is 2.80 bits per heavy atom. The summed E-state index contributed by atoms with van der Waals surface area (Å²) in [7, 11) is 0. The summed E-state index contributed by atoms with van der Waals surface area (Å²) in [6.45, 7) is 6.73. The Hall–Kier alpha value is -2.60. The Labute approximate surface area is 153 Å². The van der Waals surface area contributed by atoms with Crippen molar-refractivity contribution in [2.24, 2.45) is 5.10 Å². The van der Waals surface area contributed by atoms with Gasteiger partial charge >= 0.3 is 0 Å². The zero-order valence-corrected chi connectivity index (χ0v) is 15.5. The molecule has 2 aromatic carbocycles. The molecule has 2 aromatic rings. The van der Waals surface area contributed by atoms with Crippen molar-refractivity contribution in [1.29, 1.82) is 0 Å². The van der Waals surface area contributed by atoms with E-state index in [1.165, 1.54) is 11.8 Å². The van der Waals surface area contributed by atoms with Crippen molar-refractivity contribution >= 4 is 29.2 Å². The Kier molecular flexibility index (Phi) is 6.77. The van der Waals surface area contributed by atoms with Crippen LogP contribution >= 0.6 is 12.2 Å². The van der Waals surface area contributed by atoms with E-state index < -0.39 is 0 Å². The van der Waals surface area contributed by atoms with Gasteiger partial charge in [0.2, 0.25) is 0 Å². The number of rotatable bonds is 6. The fourth-order valence-electron chi connectivity index (χ4n) is 2.14. The molecule has 6 heteroatoms. The summed E-state index contributed by atoms with van der Waals surface area (Å²) >= 11 is 5.24. The van der Waals surface area contributed by atoms with Gasteiger partial charge in [-0.05, 0) is 61.8 Å². The molecule has 0 radical (unpaired) electrons. The predicted molar refractivity (Wildman–Crippen MR) is 107 cm³/mol. The third-order valence-corrected chi connectivity index (χ3v) is 3.89. The maximum absolute atomic E-state index is 10.0. The number of aromatic hydroxyl groups is 1. The molecule has 25 heavy (non-hydrogen) atoms. The van der Waals surface area contributed by atoms with E-state index in [0.717, 1.165) is 17.7 Å². The van der Waals surface area contributed by atoms with E-state index in [9.17, 15) is 5.11 Å². The fourth-order valence-corrected chi connectivity index (χ4v) is 2.30. The SMILES string of the molecule is CCCOc1ccc(/C=N/NC(=S)Nc2cccc(C)c2C)c(O)c1. The Morgan fingerprint density at radius 2 is 2.08 bits per heavy atom. The quantitative estimate of drug-likeness (QED) is 0.412. The number of thiocarbonyl (C=S) groups is 1. The van der Waals surface area contributed by atoms with Gasteiger partial charge in [0, 0.05) is 17.3 Å². The fraction of sp³-hybridized carbons (Fsp3) is 0.263. The molecule has 0 aliphatic carbocycles.